The maximum Gasteiger partial charge on any atom is 0.157 e. The Morgan fingerprint density at radius 2 is 1.65 bits per heavy atom. The summed E-state index contributed by atoms with van der Waals surface area (Å²) in [6.45, 7) is 13.4. The van der Waals surface area contributed by atoms with E-state index in [0.29, 0.717) is 17.8 Å². The van der Waals surface area contributed by atoms with Crippen LogP contribution in [0.1, 0.15) is 91.9 Å². The summed E-state index contributed by atoms with van der Waals surface area (Å²) in [7, 11) is 0. The van der Waals surface area contributed by atoms with Gasteiger partial charge in [0.1, 0.15) is 0 Å². The Hall–Kier alpha value is -0.460. The highest BCUT2D eigenvalue weighted by Gasteiger charge is 2.72. The van der Waals surface area contributed by atoms with Gasteiger partial charge in [-0.15, -0.1) is 0 Å². The van der Waals surface area contributed by atoms with Crippen LogP contribution in [0.15, 0.2) is 12.2 Å². The fraction of sp³-hybridized carbons (Fsp3) is 0.931. The van der Waals surface area contributed by atoms with Crippen LogP contribution in [-0.4, -0.2) is 45.0 Å². The fourth-order valence-corrected chi connectivity index (χ4v) is 11.3. The van der Waals surface area contributed by atoms with Crippen LogP contribution in [0.3, 0.4) is 0 Å². The van der Waals surface area contributed by atoms with E-state index in [1.165, 1.54) is 5.57 Å². The number of hydrogen-bond donors (Lipinski definition) is 5. The van der Waals surface area contributed by atoms with Gasteiger partial charge in [-0.2, -0.15) is 0 Å². The van der Waals surface area contributed by atoms with Crippen molar-refractivity contribution in [2.75, 3.05) is 6.61 Å². The van der Waals surface area contributed by atoms with Crippen LogP contribution in [0.5, 0.6) is 0 Å². The topological polar surface area (TPSA) is 107 Å². The first-order valence-corrected chi connectivity index (χ1v) is 13.9. The molecule has 0 radical (unpaired) electrons. The maximum atomic E-state index is 10.9. The smallest absolute Gasteiger partial charge is 0.157 e. The van der Waals surface area contributed by atoms with Crippen molar-refractivity contribution in [2.45, 2.75) is 110 Å². The van der Waals surface area contributed by atoms with Gasteiger partial charge in [-0.05, 0) is 112 Å². The first kappa shape index (κ1) is 25.2. The standard InChI is InChI=1S/C29H49NO4/c1-17(2)18-8-13-28(24(33)34)14-15-29(30)19(23(18)28)6-7-21-25(3)11-10-22(32)26(4,16-31)20(25)9-12-27(21,29)5/h18-24,31-34H,1,6-16,30H2,2-5H3. The molecule has 5 aliphatic rings. The molecule has 5 rings (SSSR count). The van der Waals surface area contributed by atoms with Gasteiger partial charge in [0.25, 0.3) is 0 Å². The third-order valence-corrected chi connectivity index (χ3v) is 13.3. The minimum atomic E-state index is -1.30. The fourth-order valence-electron chi connectivity index (χ4n) is 11.3. The van der Waals surface area contributed by atoms with Crippen molar-refractivity contribution in [3.8, 4) is 0 Å². The zero-order valence-electron chi connectivity index (χ0n) is 21.9. The predicted octanol–water partition coefficient (Wildman–Crippen LogP) is 3.98. The van der Waals surface area contributed by atoms with E-state index in [9.17, 15) is 20.4 Å². The van der Waals surface area contributed by atoms with Gasteiger partial charge in [0.05, 0.1) is 12.7 Å². The Labute approximate surface area is 206 Å². The molecular formula is C29H49NO4. The molecule has 0 bridgehead atoms. The van der Waals surface area contributed by atoms with E-state index in [1.54, 1.807) is 0 Å². The van der Waals surface area contributed by atoms with Crippen LogP contribution in [0, 0.1) is 51.2 Å². The lowest BCUT2D eigenvalue weighted by Crippen LogP contribution is -2.74. The van der Waals surface area contributed by atoms with Crippen molar-refractivity contribution in [1.29, 1.82) is 0 Å². The number of nitrogens with two attached hydrogens (primary N) is 1. The van der Waals surface area contributed by atoms with Crippen LogP contribution in [0.4, 0.5) is 0 Å². The van der Waals surface area contributed by atoms with Gasteiger partial charge in [0.15, 0.2) is 6.29 Å². The highest BCUT2D eigenvalue weighted by atomic mass is 16.5. The number of aliphatic hydroxyl groups excluding tert-OH is 3. The van der Waals surface area contributed by atoms with Gasteiger partial charge in [0, 0.05) is 16.4 Å². The van der Waals surface area contributed by atoms with Crippen LogP contribution >= 0.6 is 0 Å². The first-order chi connectivity index (χ1) is 15.8. The molecule has 0 aromatic heterocycles. The summed E-state index contributed by atoms with van der Waals surface area (Å²) >= 11 is 0. The summed E-state index contributed by atoms with van der Waals surface area (Å²) in [4.78, 5) is 0. The molecule has 5 nitrogen and oxygen atoms in total. The van der Waals surface area contributed by atoms with E-state index in [2.05, 4.69) is 34.3 Å². The molecule has 11 unspecified atom stereocenters. The van der Waals surface area contributed by atoms with Crippen molar-refractivity contribution in [1.82, 2.24) is 0 Å². The zero-order chi connectivity index (χ0) is 24.9. The second kappa shape index (κ2) is 7.77. The lowest BCUT2D eigenvalue weighted by Gasteiger charge is -2.72. The SMILES string of the molecule is C=C(C)C1CCC2(C(O)O)CCC3(N)C(CCC4C5(C)CCC(O)C(C)(CO)C5CCC43C)C12. The molecule has 0 aromatic rings. The summed E-state index contributed by atoms with van der Waals surface area (Å²) in [5, 5.41) is 42.6. The van der Waals surface area contributed by atoms with Crippen molar-refractivity contribution >= 4 is 0 Å². The van der Waals surface area contributed by atoms with Gasteiger partial charge in [-0.3, -0.25) is 0 Å². The molecule has 11 atom stereocenters. The lowest BCUT2D eigenvalue weighted by molar-refractivity contribution is -0.248. The molecule has 0 amide bonds. The van der Waals surface area contributed by atoms with Gasteiger partial charge in [-0.1, -0.05) is 32.9 Å². The molecule has 6 N–H and O–H groups in total. The molecule has 0 aromatic carbocycles. The summed E-state index contributed by atoms with van der Waals surface area (Å²) in [5.41, 5.74) is 7.59. The van der Waals surface area contributed by atoms with Gasteiger partial charge >= 0.3 is 0 Å². The maximum absolute atomic E-state index is 10.9. The largest absolute Gasteiger partial charge is 0.396 e. The molecule has 5 heteroatoms. The van der Waals surface area contributed by atoms with Crippen LogP contribution in [0.25, 0.3) is 0 Å². The molecule has 0 aliphatic heterocycles. The van der Waals surface area contributed by atoms with Crippen LogP contribution < -0.4 is 5.73 Å². The van der Waals surface area contributed by atoms with Crippen LogP contribution in [-0.2, 0) is 0 Å². The lowest BCUT2D eigenvalue weighted by atomic mass is 9.34. The van der Waals surface area contributed by atoms with Gasteiger partial charge < -0.3 is 26.2 Å². The molecule has 5 aliphatic carbocycles. The highest BCUT2D eigenvalue weighted by Crippen LogP contribution is 2.74. The van der Waals surface area contributed by atoms with E-state index < -0.39 is 23.2 Å². The van der Waals surface area contributed by atoms with Crippen molar-refractivity contribution < 1.29 is 20.4 Å². The minimum Gasteiger partial charge on any atom is -0.396 e. The Bertz CT molecular complexity index is 846. The van der Waals surface area contributed by atoms with Crippen LogP contribution in [0.2, 0.25) is 0 Å². The molecule has 5 saturated carbocycles. The summed E-state index contributed by atoms with van der Waals surface area (Å²) < 4.78 is 0. The predicted molar refractivity (Wildman–Crippen MR) is 133 cm³/mol. The van der Waals surface area contributed by atoms with E-state index in [1.807, 2.05) is 0 Å². The number of rotatable bonds is 3. The number of allylic oxidation sites excluding steroid dienone is 1. The Morgan fingerprint density at radius 1 is 0.941 bits per heavy atom. The van der Waals surface area contributed by atoms with E-state index in [0.717, 1.165) is 64.2 Å². The van der Waals surface area contributed by atoms with Gasteiger partial charge in [-0.25, -0.2) is 0 Å². The monoisotopic (exact) mass is 475 g/mol. The number of aliphatic hydroxyl groups is 4. The zero-order valence-corrected chi connectivity index (χ0v) is 21.9. The van der Waals surface area contributed by atoms with E-state index >= 15 is 0 Å². The normalized spacial score (nSPS) is 56.9. The summed E-state index contributed by atoms with van der Waals surface area (Å²) in [6, 6.07) is 0. The van der Waals surface area contributed by atoms with E-state index in [-0.39, 0.29) is 34.8 Å². The quantitative estimate of drug-likeness (QED) is 0.314. The summed E-state index contributed by atoms with van der Waals surface area (Å²) in [6.07, 6.45) is 7.60. The Kier molecular flexibility index (Phi) is 5.76. The Morgan fingerprint density at radius 3 is 2.26 bits per heavy atom. The van der Waals surface area contributed by atoms with Crippen molar-refractivity contribution in [3.05, 3.63) is 12.2 Å². The van der Waals surface area contributed by atoms with E-state index in [4.69, 9.17) is 5.73 Å². The van der Waals surface area contributed by atoms with Crippen molar-refractivity contribution in [2.24, 2.45) is 57.0 Å². The highest BCUT2D eigenvalue weighted by molar-refractivity contribution is 5.25. The first-order valence-electron chi connectivity index (χ1n) is 13.9. The molecule has 194 valence electrons. The van der Waals surface area contributed by atoms with Gasteiger partial charge in [0.2, 0.25) is 0 Å². The molecular weight excluding hydrogens is 426 g/mol. The Balaban J connectivity index is 1.56. The molecule has 0 heterocycles. The molecule has 34 heavy (non-hydrogen) atoms. The molecule has 5 fully saturated rings. The molecule has 0 saturated heterocycles. The second-order valence-electron chi connectivity index (χ2n) is 14.1. The number of fused-ring (bicyclic) bond motifs is 7. The summed E-state index contributed by atoms with van der Waals surface area (Å²) in [5.74, 6) is 1.51. The third kappa shape index (κ3) is 2.85. The number of hydrogen-bond acceptors (Lipinski definition) is 5. The minimum absolute atomic E-state index is 0.0331. The average molecular weight is 476 g/mol. The molecule has 0 spiro atoms. The third-order valence-electron chi connectivity index (χ3n) is 13.3. The van der Waals surface area contributed by atoms with Crippen molar-refractivity contribution in [3.63, 3.8) is 0 Å². The second-order valence-corrected chi connectivity index (χ2v) is 14.1. The average Bonchev–Trinajstić information content (AvgIpc) is 3.18.